The lowest BCUT2D eigenvalue weighted by Gasteiger charge is -2.06. The molecule has 0 saturated heterocycles. The first-order valence-corrected chi connectivity index (χ1v) is 9.38. The second-order valence-electron chi connectivity index (χ2n) is 5.58. The Kier molecular flexibility index (Phi) is 6.27. The van der Waals surface area contributed by atoms with E-state index in [2.05, 4.69) is 27.6 Å². The van der Waals surface area contributed by atoms with Crippen molar-refractivity contribution in [3.63, 3.8) is 0 Å². The van der Waals surface area contributed by atoms with Crippen molar-refractivity contribution in [3.05, 3.63) is 65.9 Å². The molecule has 0 aliphatic carbocycles. The number of carbonyl (C=O) groups is 2. The van der Waals surface area contributed by atoms with E-state index in [0.29, 0.717) is 11.9 Å². The zero-order chi connectivity index (χ0) is 18.2. The Bertz CT molecular complexity index is 880. The van der Waals surface area contributed by atoms with Gasteiger partial charge in [-0.3, -0.25) is 9.89 Å². The predicted molar refractivity (Wildman–Crippen MR) is 102 cm³/mol. The van der Waals surface area contributed by atoms with Crippen LogP contribution in [0.5, 0.6) is 0 Å². The molecule has 6 nitrogen and oxygen atoms in total. The lowest BCUT2D eigenvalue weighted by atomic mass is 10.2. The maximum absolute atomic E-state index is 12.1. The Morgan fingerprint density at radius 3 is 2.69 bits per heavy atom. The van der Waals surface area contributed by atoms with Gasteiger partial charge in [0.05, 0.1) is 5.52 Å². The molecule has 0 aliphatic heterocycles. The van der Waals surface area contributed by atoms with E-state index in [9.17, 15) is 9.59 Å². The number of carbonyl (C=O) groups excluding carboxylic acids is 2. The second-order valence-corrected chi connectivity index (χ2v) is 6.69. The number of rotatable bonds is 8. The van der Waals surface area contributed by atoms with E-state index >= 15 is 0 Å². The van der Waals surface area contributed by atoms with Gasteiger partial charge < -0.3 is 10.1 Å². The summed E-state index contributed by atoms with van der Waals surface area (Å²) in [4.78, 5) is 23.9. The number of H-pyrrole nitrogens is 1. The number of hydrogen-bond acceptors (Lipinski definition) is 5. The largest absolute Gasteiger partial charge is 0.451 e. The topological polar surface area (TPSA) is 84.1 Å². The first-order chi connectivity index (χ1) is 12.7. The highest BCUT2D eigenvalue weighted by Crippen LogP contribution is 2.15. The highest BCUT2D eigenvalue weighted by atomic mass is 32.2. The first kappa shape index (κ1) is 18.0. The third-order valence-electron chi connectivity index (χ3n) is 3.68. The third kappa shape index (κ3) is 4.86. The zero-order valence-corrected chi connectivity index (χ0v) is 14.9. The molecule has 0 fully saturated rings. The summed E-state index contributed by atoms with van der Waals surface area (Å²) in [5.41, 5.74) is 2.19. The number of fused-ring (bicyclic) bond motifs is 1. The molecule has 7 heteroatoms. The van der Waals surface area contributed by atoms with E-state index in [0.717, 1.165) is 17.0 Å². The summed E-state index contributed by atoms with van der Waals surface area (Å²) in [6.45, 7) is 0.211. The fourth-order valence-corrected chi connectivity index (χ4v) is 3.22. The van der Waals surface area contributed by atoms with Crippen LogP contribution >= 0.6 is 11.8 Å². The highest BCUT2D eigenvalue weighted by Gasteiger charge is 2.16. The van der Waals surface area contributed by atoms with Crippen molar-refractivity contribution < 1.29 is 14.3 Å². The molecular weight excluding hydrogens is 350 g/mol. The first-order valence-electron chi connectivity index (χ1n) is 8.22. The summed E-state index contributed by atoms with van der Waals surface area (Å²) in [5, 5.41) is 10.1. The molecule has 134 valence electrons. The summed E-state index contributed by atoms with van der Waals surface area (Å²) in [5.74, 6) is 0.755. The molecule has 1 heterocycles. The van der Waals surface area contributed by atoms with Gasteiger partial charge in [0.1, 0.15) is 0 Å². The zero-order valence-electron chi connectivity index (χ0n) is 14.1. The number of aromatic nitrogens is 2. The second kappa shape index (κ2) is 9.05. The van der Waals surface area contributed by atoms with Crippen molar-refractivity contribution in [3.8, 4) is 0 Å². The number of nitrogens with one attached hydrogen (secondary N) is 2. The van der Waals surface area contributed by atoms with E-state index in [1.807, 2.05) is 36.4 Å². The molecule has 1 aromatic heterocycles. The van der Waals surface area contributed by atoms with E-state index in [1.54, 1.807) is 17.8 Å². The van der Waals surface area contributed by atoms with Crippen LogP contribution in [-0.2, 0) is 15.3 Å². The molecule has 2 aromatic carbocycles. The number of nitrogens with zero attached hydrogens (tertiary/aromatic N) is 1. The Labute approximate surface area is 155 Å². The van der Waals surface area contributed by atoms with Gasteiger partial charge in [-0.25, -0.2) is 4.79 Å². The Morgan fingerprint density at radius 1 is 1.08 bits per heavy atom. The molecule has 1 amide bonds. The Morgan fingerprint density at radius 2 is 1.85 bits per heavy atom. The number of esters is 1. The maximum Gasteiger partial charge on any atom is 0.359 e. The molecule has 0 bridgehead atoms. The van der Waals surface area contributed by atoms with E-state index < -0.39 is 5.97 Å². The van der Waals surface area contributed by atoms with Crippen molar-refractivity contribution in [2.24, 2.45) is 0 Å². The van der Waals surface area contributed by atoms with Crippen LogP contribution in [0.25, 0.3) is 10.9 Å². The molecule has 0 saturated carbocycles. The summed E-state index contributed by atoms with van der Waals surface area (Å²) in [6, 6.07) is 17.4. The summed E-state index contributed by atoms with van der Waals surface area (Å²) in [6.07, 6.45) is 0. The lowest BCUT2D eigenvalue weighted by molar-refractivity contribution is -0.124. The van der Waals surface area contributed by atoms with Crippen LogP contribution in [0.2, 0.25) is 0 Å². The standard InChI is InChI=1S/C19H19N3O3S/c23-17(20-10-11-26-13-14-6-2-1-3-7-14)12-25-19(24)18-15-8-4-5-9-16(15)21-22-18/h1-9H,10-13H2,(H,20,23)(H,21,22). The predicted octanol–water partition coefficient (Wildman–Crippen LogP) is 2.77. The maximum atomic E-state index is 12.1. The number of benzene rings is 2. The normalized spacial score (nSPS) is 10.6. The minimum absolute atomic E-state index is 0.187. The molecular formula is C19H19N3O3S. The molecule has 3 rings (SSSR count). The monoisotopic (exact) mass is 369 g/mol. The van der Waals surface area contributed by atoms with Gasteiger partial charge in [-0.05, 0) is 11.6 Å². The van der Waals surface area contributed by atoms with Gasteiger partial charge in [-0.1, -0.05) is 48.5 Å². The van der Waals surface area contributed by atoms with Gasteiger partial charge in [0.15, 0.2) is 12.3 Å². The minimum Gasteiger partial charge on any atom is -0.451 e. The SMILES string of the molecule is O=C(COC(=O)c1n[nH]c2ccccc12)NCCSCc1ccccc1. The van der Waals surface area contributed by atoms with Gasteiger partial charge in [0.2, 0.25) is 0 Å². The van der Waals surface area contributed by atoms with Gasteiger partial charge in [0, 0.05) is 23.4 Å². The van der Waals surface area contributed by atoms with Crippen LogP contribution in [0.1, 0.15) is 16.1 Å². The van der Waals surface area contributed by atoms with Gasteiger partial charge in [-0.15, -0.1) is 0 Å². The molecule has 0 radical (unpaired) electrons. The number of hydrogen-bond donors (Lipinski definition) is 2. The van der Waals surface area contributed by atoms with Crippen LogP contribution in [0, 0.1) is 0 Å². The summed E-state index contributed by atoms with van der Waals surface area (Å²) in [7, 11) is 0. The quantitative estimate of drug-likeness (QED) is 0.471. The van der Waals surface area contributed by atoms with Crippen LogP contribution in [0.4, 0.5) is 0 Å². The lowest BCUT2D eigenvalue weighted by Crippen LogP contribution is -2.30. The van der Waals surface area contributed by atoms with Crippen molar-refractivity contribution in [1.29, 1.82) is 0 Å². The number of ether oxygens (including phenoxy) is 1. The van der Waals surface area contributed by atoms with E-state index in [4.69, 9.17) is 4.74 Å². The number of para-hydroxylation sites is 1. The molecule has 0 atom stereocenters. The number of thioether (sulfide) groups is 1. The molecule has 26 heavy (non-hydrogen) atoms. The molecule has 2 N–H and O–H groups in total. The van der Waals surface area contributed by atoms with E-state index in [-0.39, 0.29) is 18.2 Å². The highest BCUT2D eigenvalue weighted by molar-refractivity contribution is 7.98. The summed E-state index contributed by atoms with van der Waals surface area (Å²) < 4.78 is 5.04. The van der Waals surface area contributed by atoms with Crippen LogP contribution in [0.15, 0.2) is 54.6 Å². The molecule has 0 spiro atoms. The van der Waals surface area contributed by atoms with E-state index in [1.165, 1.54) is 5.56 Å². The van der Waals surface area contributed by atoms with Gasteiger partial charge in [0.25, 0.3) is 5.91 Å². The summed E-state index contributed by atoms with van der Waals surface area (Å²) >= 11 is 1.74. The van der Waals surface area contributed by atoms with Gasteiger partial charge >= 0.3 is 5.97 Å². The number of amides is 1. The van der Waals surface area contributed by atoms with Crippen molar-refractivity contribution in [2.45, 2.75) is 5.75 Å². The smallest absolute Gasteiger partial charge is 0.359 e. The van der Waals surface area contributed by atoms with Crippen molar-refractivity contribution in [2.75, 3.05) is 18.9 Å². The van der Waals surface area contributed by atoms with Crippen LogP contribution in [0.3, 0.4) is 0 Å². The average molecular weight is 369 g/mol. The fraction of sp³-hybridized carbons (Fsp3) is 0.211. The van der Waals surface area contributed by atoms with Crippen molar-refractivity contribution >= 4 is 34.5 Å². The van der Waals surface area contributed by atoms with Crippen LogP contribution < -0.4 is 5.32 Å². The van der Waals surface area contributed by atoms with Gasteiger partial charge in [-0.2, -0.15) is 16.9 Å². The molecule has 0 aliphatic rings. The fourth-order valence-electron chi connectivity index (χ4n) is 2.40. The number of aromatic amines is 1. The molecule has 3 aromatic rings. The van der Waals surface area contributed by atoms with Crippen LogP contribution in [-0.4, -0.2) is 41.0 Å². The minimum atomic E-state index is -0.615. The average Bonchev–Trinajstić information content (AvgIpc) is 3.11. The Hall–Kier alpha value is -2.80. The molecule has 0 unspecified atom stereocenters. The van der Waals surface area contributed by atoms with Crippen molar-refractivity contribution in [1.82, 2.24) is 15.5 Å². The third-order valence-corrected chi connectivity index (χ3v) is 4.71. The Balaban J connectivity index is 1.35.